The van der Waals surface area contributed by atoms with Gasteiger partial charge in [0.25, 0.3) is 0 Å². The summed E-state index contributed by atoms with van der Waals surface area (Å²) in [6.45, 7) is 2.92. The van der Waals surface area contributed by atoms with E-state index in [9.17, 15) is 4.79 Å². The normalized spacial score (nSPS) is 12.4. The molecule has 4 nitrogen and oxygen atoms in total. The van der Waals surface area contributed by atoms with Gasteiger partial charge in [-0.2, -0.15) is 0 Å². The van der Waals surface area contributed by atoms with E-state index in [1.807, 2.05) is 0 Å². The Labute approximate surface area is 105 Å². The second kappa shape index (κ2) is 11.9. The van der Waals surface area contributed by atoms with Gasteiger partial charge < -0.3 is 14.2 Å². The molecule has 4 heteroatoms. The number of rotatable bonds is 11. The molecule has 17 heavy (non-hydrogen) atoms. The minimum Gasteiger partial charge on any atom is -0.464 e. The minimum absolute atomic E-state index is 0.242. The first-order valence-corrected chi connectivity index (χ1v) is 6.44. The van der Waals surface area contributed by atoms with Crippen LogP contribution in [0.2, 0.25) is 0 Å². The van der Waals surface area contributed by atoms with E-state index in [1.54, 1.807) is 0 Å². The number of unbranched alkanes of at least 4 members (excludes halogenated alkanes) is 5. The molecular formula is C13H26O4. The van der Waals surface area contributed by atoms with Crippen molar-refractivity contribution in [2.45, 2.75) is 51.6 Å². The van der Waals surface area contributed by atoms with E-state index in [0.717, 1.165) is 12.8 Å². The Hall–Kier alpha value is -0.610. The molecule has 0 aromatic heterocycles. The number of methoxy groups -OCH3 is 2. The number of hydrogen-bond donors (Lipinski definition) is 0. The lowest BCUT2D eigenvalue weighted by Crippen LogP contribution is -2.30. The van der Waals surface area contributed by atoms with Crippen LogP contribution >= 0.6 is 0 Å². The summed E-state index contributed by atoms with van der Waals surface area (Å²) in [7, 11) is 3.02. The lowest BCUT2D eigenvalue weighted by molar-refractivity contribution is -0.158. The van der Waals surface area contributed by atoms with Crippen LogP contribution in [0.15, 0.2) is 0 Å². The van der Waals surface area contributed by atoms with Crippen molar-refractivity contribution in [2.75, 3.05) is 27.4 Å². The van der Waals surface area contributed by atoms with Crippen LogP contribution in [-0.2, 0) is 19.0 Å². The summed E-state index contributed by atoms with van der Waals surface area (Å²) in [6.07, 6.45) is 6.49. The maximum atomic E-state index is 11.5. The van der Waals surface area contributed by atoms with E-state index in [2.05, 4.69) is 6.92 Å². The third-order valence-electron chi connectivity index (χ3n) is 2.61. The molecule has 0 aliphatic rings. The first-order chi connectivity index (χ1) is 8.26. The average Bonchev–Trinajstić information content (AvgIpc) is 2.34. The summed E-state index contributed by atoms with van der Waals surface area (Å²) in [5.74, 6) is -0.331. The molecule has 0 saturated heterocycles. The standard InChI is InChI=1S/C13H26O4/c1-4-5-6-7-8-9-10-17-13(14)12(16-3)11-15-2/h12H,4-11H2,1-3H3/t12-/m1/s1. The molecule has 0 aliphatic carbocycles. The number of ether oxygens (including phenoxy) is 3. The lowest BCUT2D eigenvalue weighted by atomic mass is 10.1. The molecule has 1 atom stereocenters. The second-order valence-electron chi connectivity index (χ2n) is 4.11. The zero-order valence-corrected chi connectivity index (χ0v) is 11.4. The van der Waals surface area contributed by atoms with E-state index < -0.39 is 6.10 Å². The molecule has 0 amide bonds. The molecule has 0 bridgehead atoms. The van der Waals surface area contributed by atoms with Crippen LogP contribution in [0.3, 0.4) is 0 Å². The molecule has 0 radical (unpaired) electrons. The Balaban J connectivity index is 3.43. The summed E-state index contributed by atoms with van der Waals surface area (Å²) >= 11 is 0. The van der Waals surface area contributed by atoms with Gasteiger partial charge in [0.1, 0.15) is 0 Å². The molecule has 0 saturated carbocycles. The van der Waals surface area contributed by atoms with Gasteiger partial charge in [-0.05, 0) is 6.42 Å². The molecule has 0 fully saturated rings. The predicted octanol–water partition coefficient (Wildman–Crippen LogP) is 2.55. The highest BCUT2D eigenvalue weighted by molar-refractivity contribution is 5.74. The largest absolute Gasteiger partial charge is 0.464 e. The van der Waals surface area contributed by atoms with Crippen molar-refractivity contribution in [3.05, 3.63) is 0 Å². The molecule has 0 unspecified atom stereocenters. The first-order valence-electron chi connectivity index (χ1n) is 6.44. The van der Waals surface area contributed by atoms with Gasteiger partial charge in [-0.25, -0.2) is 4.79 Å². The molecule has 0 rings (SSSR count). The summed E-state index contributed by atoms with van der Waals surface area (Å²) < 4.78 is 14.9. The molecule has 0 N–H and O–H groups in total. The van der Waals surface area contributed by atoms with Gasteiger partial charge in [-0.15, -0.1) is 0 Å². The lowest BCUT2D eigenvalue weighted by Gasteiger charge is -2.13. The van der Waals surface area contributed by atoms with E-state index >= 15 is 0 Å². The number of esters is 1. The molecule has 0 heterocycles. The highest BCUT2D eigenvalue weighted by atomic mass is 16.6. The molecule has 0 aromatic carbocycles. The summed E-state index contributed by atoms with van der Waals surface area (Å²) in [4.78, 5) is 11.5. The van der Waals surface area contributed by atoms with Gasteiger partial charge in [-0.1, -0.05) is 39.0 Å². The predicted molar refractivity (Wildman–Crippen MR) is 67.0 cm³/mol. The fourth-order valence-corrected chi connectivity index (χ4v) is 1.53. The first kappa shape index (κ1) is 16.4. The van der Waals surface area contributed by atoms with Gasteiger partial charge in [0, 0.05) is 14.2 Å². The van der Waals surface area contributed by atoms with Crippen LogP contribution in [0.1, 0.15) is 45.4 Å². The van der Waals surface area contributed by atoms with Crippen LogP contribution in [-0.4, -0.2) is 39.5 Å². The Morgan fingerprint density at radius 2 is 1.71 bits per heavy atom. The summed E-state index contributed by atoms with van der Waals surface area (Å²) in [6, 6.07) is 0. The van der Waals surface area contributed by atoms with Crippen molar-refractivity contribution in [3.63, 3.8) is 0 Å². The smallest absolute Gasteiger partial charge is 0.337 e. The van der Waals surface area contributed by atoms with Gasteiger partial charge in [-0.3, -0.25) is 0 Å². The summed E-state index contributed by atoms with van der Waals surface area (Å²) in [5, 5.41) is 0. The number of carbonyl (C=O) groups is 1. The van der Waals surface area contributed by atoms with Crippen LogP contribution in [0.25, 0.3) is 0 Å². The van der Waals surface area contributed by atoms with Crippen LogP contribution in [0, 0.1) is 0 Å². The van der Waals surface area contributed by atoms with Gasteiger partial charge >= 0.3 is 5.97 Å². The van der Waals surface area contributed by atoms with Crippen LogP contribution in [0.4, 0.5) is 0 Å². The van der Waals surface area contributed by atoms with Crippen molar-refractivity contribution in [1.29, 1.82) is 0 Å². The zero-order valence-electron chi connectivity index (χ0n) is 11.4. The molecule has 0 aromatic rings. The third kappa shape index (κ3) is 9.12. The van der Waals surface area contributed by atoms with E-state index in [-0.39, 0.29) is 12.6 Å². The topological polar surface area (TPSA) is 44.8 Å². The quantitative estimate of drug-likeness (QED) is 0.415. The number of hydrogen-bond acceptors (Lipinski definition) is 4. The van der Waals surface area contributed by atoms with Crippen molar-refractivity contribution in [2.24, 2.45) is 0 Å². The van der Waals surface area contributed by atoms with Crippen molar-refractivity contribution in [3.8, 4) is 0 Å². The summed E-state index contributed by atoms with van der Waals surface area (Å²) in [5.41, 5.74) is 0. The van der Waals surface area contributed by atoms with E-state index in [1.165, 1.54) is 39.9 Å². The fraction of sp³-hybridized carbons (Fsp3) is 0.923. The van der Waals surface area contributed by atoms with Gasteiger partial charge in [0.15, 0.2) is 6.10 Å². The Morgan fingerprint density at radius 1 is 1.06 bits per heavy atom. The van der Waals surface area contributed by atoms with E-state index in [4.69, 9.17) is 14.2 Å². The Kier molecular flexibility index (Phi) is 11.4. The van der Waals surface area contributed by atoms with Gasteiger partial charge in [0.05, 0.1) is 13.2 Å². The highest BCUT2D eigenvalue weighted by Crippen LogP contribution is 2.05. The van der Waals surface area contributed by atoms with E-state index in [0.29, 0.717) is 6.61 Å². The number of carbonyl (C=O) groups excluding carboxylic acids is 1. The molecule has 102 valence electrons. The SMILES string of the molecule is CCCCCCCCOC(=O)[C@@H](COC)OC. The Bertz CT molecular complexity index is 182. The zero-order chi connectivity index (χ0) is 12.9. The monoisotopic (exact) mass is 246 g/mol. The maximum absolute atomic E-state index is 11.5. The minimum atomic E-state index is -0.597. The van der Waals surface area contributed by atoms with Crippen molar-refractivity contribution < 1.29 is 19.0 Å². The molecule has 0 spiro atoms. The van der Waals surface area contributed by atoms with Crippen molar-refractivity contribution >= 4 is 5.97 Å². The average molecular weight is 246 g/mol. The fourth-order valence-electron chi connectivity index (χ4n) is 1.53. The molecule has 0 aliphatic heterocycles. The third-order valence-corrected chi connectivity index (χ3v) is 2.61. The Morgan fingerprint density at radius 3 is 2.29 bits per heavy atom. The highest BCUT2D eigenvalue weighted by Gasteiger charge is 2.18. The molecular weight excluding hydrogens is 220 g/mol. The maximum Gasteiger partial charge on any atom is 0.337 e. The van der Waals surface area contributed by atoms with Gasteiger partial charge in [0.2, 0.25) is 0 Å². The van der Waals surface area contributed by atoms with Crippen LogP contribution in [0.5, 0.6) is 0 Å². The second-order valence-corrected chi connectivity index (χ2v) is 4.11. The van der Waals surface area contributed by atoms with Crippen molar-refractivity contribution in [1.82, 2.24) is 0 Å². The van der Waals surface area contributed by atoms with Crippen LogP contribution < -0.4 is 0 Å².